The lowest BCUT2D eigenvalue weighted by Crippen LogP contribution is -2.50. The number of nitrogens with two attached hydrogens (primary N) is 1. The number of primary amides is 1. The van der Waals surface area contributed by atoms with E-state index in [2.05, 4.69) is 10.0 Å². The first-order chi connectivity index (χ1) is 15.5. The zero-order valence-electron chi connectivity index (χ0n) is 20.0. The smallest absolute Gasteiger partial charge is 0.305 e. The minimum atomic E-state index is -4.06. The molecule has 2 amide bonds. The number of aliphatic carboxylic acids is 1. The van der Waals surface area contributed by atoms with Crippen molar-refractivity contribution in [2.24, 2.45) is 34.3 Å². The zero-order valence-corrected chi connectivity index (χ0v) is 20.9. The average Bonchev–Trinajstić information content (AvgIpc) is 3.03. The molecule has 0 heterocycles. The van der Waals surface area contributed by atoms with Crippen molar-refractivity contribution in [1.82, 2.24) is 10.0 Å². The Kier molecular flexibility index (Phi) is 8.29. The number of ketones is 2. The molecule has 0 aliphatic heterocycles. The number of Topliss-reactive ketones (excluding diaryl/α,β-unsaturated/α-hetero) is 2. The Morgan fingerprint density at radius 1 is 1.18 bits per heavy atom. The maximum atomic E-state index is 12.8. The first-order valence-electron chi connectivity index (χ1n) is 11.4. The summed E-state index contributed by atoms with van der Waals surface area (Å²) in [5, 5.41) is 11.5. The molecule has 4 atom stereocenters. The monoisotopic (exact) mass is 501 g/mol. The summed E-state index contributed by atoms with van der Waals surface area (Å²) in [6.07, 6.45) is 0.535. The third kappa shape index (κ3) is 5.83. The van der Waals surface area contributed by atoms with Crippen molar-refractivity contribution in [3.63, 3.8) is 0 Å². The van der Waals surface area contributed by atoms with Crippen LogP contribution in [0.15, 0.2) is 0 Å². The van der Waals surface area contributed by atoms with Crippen molar-refractivity contribution in [3.05, 3.63) is 0 Å². The van der Waals surface area contributed by atoms with Crippen LogP contribution in [-0.4, -0.2) is 61.2 Å². The van der Waals surface area contributed by atoms with Gasteiger partial charge in [-0.2, -0.15) is 0 Å². The molecular weight excluding hydrogens is 466 g/mol. The average molecular weight is 502 g/mol. The molecule has 2 bridgehead atoms. The zero-order chi connectivity index (χ0) is 26.1. The predicted octanol–water partition coefficient (Wildman–Crippen LogP) is -0.0226. The Hall–Kier alpha value is -2.34. The molecule has 11 nitrogen and oxygen atoms in total. The van der Waals surface area contributed by atoms with Gasteiger partial charge in [0.15, 0.2) is 5.78 Å². The molecule has 0 saturated heterocycles. The third-order valence-electron chi connectivity index (χ3n) is 7.69. The summed E-state index contributed by atoms with van der Waals surface area (Å²) in [5.41, 5.74) is 3.69. The van der Waals surface area contributed by atoms with Crippen molar-refractivity contribution in [2.75, 3.05) is 12.3 Å². The fourth-order valence-corrected chi connectivity index (χ4v) is 7.12. The largest absolute Gasteiger partial charge is 0.481 e. The molecule has 2 rings (SSSR count). The van der Waals surface area contributed by atoms with Gasteiger partial charge in [-0.1, -0.05) is 27.7 Å². The standard InChI is InChI=1S/C22H35N3O8S/c1-12(2)14(8-18(23)28)20(31)25-15(9-19(29)30)16(26)10-24-34(32,33)11-22-6-5-13(7-17(22)27)21(22,3)4/h12-15,24H,5-11H2,1-4H3,(H2,23,28)(H,25,31)(H,29,30). The van der Waals surface area contributed by atoms with Crippen LogP contribution >= 0.6 is 0 Å². The van der Waals surface area contributed by atoms with E-state index >= 15 is 0 Å². The number of sulfonamides is 1. The number of hydrogen-bond acceptors (Lipinski definition) is 7. The number of carboxylic acids is 1. The van der Waals surface area contributed by atoms with Crippen molar-refractivity contribution < 1.29 is 37.5 Å². The number of carbonyl (C=O) groups is 5. The van der Waals surface area contributed by atoms with E-state index in [1.165, 1.54) is 0 Å². The molecule has 2 fully saturated rings. The maximum Gasteiger partial charge on any atom is 0.305 e. The van der Waals surface area contributed by atoms with E-state index in [1.807, 2.05) is 13.8 Å². The quantitative estimate of drug-likeness (QED) is 0.270. The third-order valence-corrected chi connectivity index (χ3v) is 9.15. The van der Waals surface area contributed by atoms with Crippen molar-refractivity contribution in [2.45, 2.75) is 65.8 Å². The van der Waals surface area contributed by atoms with Crippen LogP contribution < -0.4 is 15.8 Å². The van der Waals surface area contributed by atoms with Crippen molar-refractivity contribution in [3.8, 4) is 0 Å². The summed E-state index contributed by atoms with van der Waals surface area (Å²) in [6.45, 7) is 6.40. The van der Waals surface area contributed by atoms with Crippen molar-refractivity contribution >= 4 is 39.4 Å². The van der Waals surface area contributed by atoms with Gasteiger partial charge in [0.25, 0.3) is 0 Å². The highest BCUT2D eigenvalue weighted by molar-refractivity contribution is 7.89. The molecular formula is C22H35N3O8S. The number of rotatable bonds is 13. The lowest BCUT2D eigenvalue weighted by molar-refractivity contribution is -0.140. The number of carbonyl (C=O) groups excluding carboxylic acids is 4. The van der Waals surface area contributed by atoms with Crippen LogP contribution in [0, 0.1) is 28.6 Å². The minimum Gasteiger partial charge on any atom is -0.481 e. The minimum absolute atomic E-state index is 0.0874. The number of fused-ring (bicyclic) bond motifs is 2. The Morgan fingerprint density at radius 3 is 2.24 bits per heavy atom. The van der Waals surface area contributed by atoms with Crippen LogP contribution in [0.4, 0.5) is 0 Å². The Labute approximate surface area is 199 Å². The number of hydrogen-bond donors (Lipinski definition) is 4. The summed E-state index contributed by atoms with van der Waals surface area (Å²) in [4.78, 5) is 60.5. The molecule has 0 spiro atoms. The van der Waals surface area contributed by atoms with Gasteiger partial charge in [-0.3, -0.25) is 24.0 Å². The number of nitrogens with one attached hydrogen (secondary N) is 2. The topological polar surface area (TPSA) is 190 Å². The Morgan fingerprint density at radius 2 is 1.79 bits per heavy atom. The van der Waals surface area contributed by atoms with E-state index in [4.69, 9.17) is 10.8 Å². The van der Waals surface area contributed by atoms with Crippen LogP contribution in [0.2, 0.25) is 0 Å². The van der Waals surface area contributed by atoms with Crippen LogP contribution in [0.1, 0.15) is 59.8 Å². The molecule has 0 radical (unpaired) electrons. The fraction of sp³-hybridized carbons (Fsp3) is 0.773. The van der Waals surface area contributed by atoms with Crippen LogP contribution in [0.5, 0.6) is 0 Å². The van der Waals surface area contributed by atoms with Crippen LogP contribution in [-0.2, 0) is 34.0 Å². The highest BCUT2D eigenvalue weighted by Crippen LogP contribution is 2.64. The van der Waals surface area contributed by atoms with Crippen LogP contribution in [0.25, 0.3) is 0 Å². The number of amides is 2. The lowest BCUT2D eigenvalue weighted by atomic mass is 9.70. The van der Waals surface area contributed by atoms with Gasteiger partial charge >= 0.3 is 5.97 Å². The lowest BCUT2D eigenvalue weighted by Gasteiger charge is -2.36. The summed E-state index contributed by atoms with van der Waals surface area (Å²) < 4.78 is 27.8. The van der Waals surface area contributed by atoms with Gasteiger partial charge in [-0.25, -0.2) is 13.1 Å². The summed E-state index contributed by atoms with van der Waals surface area (Å²) in [7, 11) is -4.06. The van der Waals surface area contributed by atoms with Gasteiger partial charge in [-0.15, -0.1) is 0 Å². The molecule has 34 heavy (non-hydrogen) atoms. The van der Waals surface area contributed by atoms with Crippen molar-refractivity contribution in [1.29, 1.82) is 0 Å². The second-order valence-electron chi connectivity index (χ2n) is 10.4. The van der Waals surface area contributed by atoms with Gasteiger partial charge in [0.1, 0.15) is 5.78 Å². The molecule has 4 unspecified atom stereocenters. The molecule has 2 aliphatic rings. The van der Waals surface area contributed by atoms with E-state index in [9.17, 15) is 32.4 Å². The molecule has 12 heteroatoms. The Bertz CT molecular complexity index is 975. The number of carboxylic acid groups (broad SMARTS) is 1. The van der Waals surface area contributed by atoms with E-state index in [0.29, 0.717) is 12.8 Å². The van der Waals surface area contributed by atoms with Gasteiger partial charge in [0.05, 0.1) is 24.8 Å². The molecule has 0 aromatic carbocycles. The second-order valence-corrected chi connectivity index (χ2v) is 12.2. The Balaban J connectivity index is 2.09. The maximum absolute atomic E-state index is 12.8. The summed E-state index contributed by atoms with van der Waals surface area (Å²) in [6, 6.07) is -1.50. The normalized spacial score (nSPS) is 25.2. The molecule has 2 saturated carbocycles. The first-order valence-corrected chi connectivity index (χ1v) is 13.0. The van der Waals surface area contributed by atoms with Gasteiger partial charge in [-0.05, 0) is 30.1 Å². The van der Waals surface area contributed by atoms with E-state index < -0.39 is 75.1 Å². The summed E-state index contributed by atoms with van der Waals surface area (Å²) in [5.74, 6) is -5.24. The van der Waals surface area contributed by atoms with Gasteiger partial charge in [0, 0.05) is 24.2 Å². The van der Waals surface area contributed by atoms with Crippen LogP contribution in [0.3, 0.4) is 0 Å². The highest BCUT2D eigenvalue weighted by atomic mass is 32.2. The predicted molar refractivity (Wildman–Crippen MR) is 122 cm³/mol. The molecule has 192 valence electrons. The fourth-order valence-electron chi connectivity index (χ4n) is 5.33. The van der Waals surface area contributed by atoms with E-state index in [1.54, 1.807) is 13.8 Å². The molecule has 0 aromatic heterocycles. The highest BCUT2D eigenvalue weighted by Gasteiger charge is 2.65. The summed E-state index contributed by atoms with van der Waals surface area (Å²) >= 11 is 0. The van der Waals surface area contributed by atoms with Gasteiger partial charge < -0.3 is 16.2 Å². The van der Waals surface area contributed by atoms with E-state index in [0.717, 1.165) is 6.42 Å². The first kappa shape index (κ1) is 27.9. The molecule has 0 aromatic rings. The van der Waals surface area contributed by atoms with Gasteiger partial charge in [0.2, 0.25) is 21.8 Å². The second kappa shape index (κ2) is 10.1. The SMILES string of the molecule is CC(C)C(CC(N)=O)C(=O)NC(CC(=O)O)C(=O)CNS(=O)(=O)CC12CCC(CC1=O)C2(C)C. The molecule has 5 N–H and O–H groups in total. The molecule has 2 aliphatic carbocycles. The van der Waals surface area contributed by atoms with E-state index in [-0.39, 0.29) is 24.0 Å².